The van der Waals surface area contributed by atoms with Gasteiger partial charge in [0.25, 0.3) is 0 Å². The molecule has 0 aliphatic heterocycles. The summed E-state index contributed by atoms with van der Waals surface area (Å²) in [7, 11) is -2.92. The van der Waals surface area contributed by atoms with E-state index in [1.165, 1.54) is 0 Å². The minimum atomic E-state index is -2.92. The molecule has 0 saturated heterocycles. The minimum absolute atomic E-state index is 0. The normalized spacial score (nSPS) is 3.38. The molecule has 0 heterocycles. The van der Waals surface area contributed by atoms with Gasteiger partial charge in [0.05, 0.1) is 0 Å². The van der Waals surface area contributed by atoms with E-state index in [0.717, 1.165) is 0 Å². The van der Waals surface area contributed by atoms with Crippen molar-refractivity contribution in [1.29, 1.82) is 0 Å². The van der Waals surface area contributed by atoms with E-state index in [2.05, 4.69) is 0 Å². The fourth-order valence-electron chi connectivity index (χ4n) is 0. The van der Waals surface area contributed by atoms with E-state index in [4.69, 9.17) is 15.1 Å². The molecule has 8 heavy (non-hydrogen) atoms. The summed E-state index contributed by atoms with van der Waals surface area (Å²) in [6.07, 6.45) is 0. The van der Waals surface area contributed by atoms with Crippen LogP contribution in [0.4, 0.5) is 0 Å². The maximum Gasteiger partial charge on any atom is 3.00 e. The molecule has 0 amide bonds. The van der Waals surface area contributed by atoms with Crippen LogP contribution < -0.4 is 15.1 Å². The minimum Gasteiger partial charge on any atom is -0.907 e. The van der Waals surface area contributed by atoms with Crippen molar-refractivity contribution in [3.63, 3.8) is 0 Å². The fourth-order valence-corrected chi connectivity index (χ4v) is 0. The Morgan fingerprint density at radius 3 is 0.750 bits per heavy atom. The first kappa shape index (κ1) is 40.1. The molecule has 48 valence electrons. The topological polar surface area (TPSA) is 164 Å². The molecule has 0 atom stereocenters. The van der Waals surface area contributed by atoms with Gasteiger partial charge >= 0.3 is 17.4 Å². The molecule has 0 aliphatic rings. The van der Waals surface area contributed by atoms with Crippen LogP contribution in [-0.2, 0) is 0 Å². The van der Waals surface area contributed by atoms with Crippen LogP contribution in [0.2, 0.25) is 0 Å². The van der Waals surface area contributed by atoms with Crippen LogP contribution >= 0.6 is 0 Å². The van der Waals surface area contributed by atoms with E-state index >= 15 is 0 Å². The van der Waals surface area contributed by atoms with Crippen molar-refractivity contribution in [2.45, 2.75) is 0 Å². The van der Waals surface area contributed by atoms with E-state index in [0.29, 0.717) is 0 Å². The molecular formula is H6AlBO6. The summed E-state index contributed by atoms with van der Waals surface area (Å²) in [6.45, 7) is 0. The molecule has 0 aromatic carbocycles. The van der Waals surface area contributed by atoms with Gasteiger partial charge < -0.3 is 31.5 Å². The molecule has 6 N–H and O–H groups in total. The Labute approximate surface area is 57.0 Å². The molecule has 0 radical (unpaired) electrons. The van der Waals surface area contributed by atoms with Gasteiger partial charge in [0.15, 0.2) is 0 Å². The molecule has 0 saturated carbocycles. The Morgan fingerprint density at radius 2 is 0.750 bits per heavy atom. The van der Waals surface area contributed by atoms with Gasteiger partial charge in [-0.1, -0.05) is 0 Å². The first-order valence-electron chi connectivity index (χ1n) is 0.707. The summed E-state index contributed by atoms with van der Waals surface area (Å²) in [5, 5.41) is 25.2. The maximum absolute atomic E-state index is 8.42. The van der Waals surface area contributed by atoms with Crippen molar-refractivity contribution in [2.24, 2.45) is 0 Å². The molecule has 0 unspecified atom stereocenters. The molecule has 6 nitrogen and oxygen atoms in total. The van der Waals surface area contributed by atoms with Crippen molar-refractivity contribution < 1.29 is 31.5 Å². The molecule has 0 spiro atoms. The van der Waals surface area contributed by atoms with E-state index < -0.39 is 7.32 Å². The second kappa shape index (κ2) is 26.4. The van der Waals surface area contributed by atoms with Gasteiger partial charge in [0, 0.05) is 0 Å². The summed E-state index contributed by atoms with van der Waals surface area (Å²) >= 11 is 0. The predicted octanol–water partition coefficient (Wildman–Crippen LogP) is -6.80. The molecule has 0 rings (SSSR count). The summed E-state index contributed by atoms with van der Waals surface area (Å²) in [4.78, 5) is 0. The van der Waals surface area contributed by atoms with E-state index in [1.807, 2.05) is 0 Å². The van der Waals surface area contributed by atoms with Crippen LogP contribution in [-0.4, -0.2) is 41.1 Å². The monoisotopic (exact) mass is 140 g/mol. The van der Waals surface area contributed by atoms with E-state index in [-0.39, 0.29) is 33.8 Å². The first-order valence-corrected chi connectivity index (χ1v) is 0.707. The van der Waals surface area contributed by atoms with Crippen molar-refractivity contribution in [3.8, 4) is 0 Å². The number of hydrogen-bond acceptors (Lipinski definition) is 3. The first-order chi connectivity index (χ1) is 1.73. The van der Waals surface area contributed by atoms with Gasteiger partial charge in [-0.2, -0.15) is 0 Å². The van der Waals surface area contributed by atoms with E-state index in [9.17, 15) is 0 Å². The Kier molecular flexibility index (Phi) is 132. The Morgan fingerprint density at radius 1 is 0.750 bits per heavy atom. The molecule has 8 heteroatoms. The summed E-state index contributed by atoms with van der Waals surface area (Å²) in [5.74, 6) is 0. The Balaban J connectivity index is -0.00000000750. The zero-order valence-electron chi connectivity index (χ0n) is 3.88. The quantitative estimate of drug-likeness (QED) is 0.305. The van der Waals surface area contributed by atoms with Crippen LogP contribution in [0.5, 0.6) is 0 Å². The van der Waals surface area contributed by atoms with Gasteiger partial charge in [-0.05, 0) is 0 Å². The summed E-state index contributed by atoms with van der Waals surface area (Å²) < 4.78 is 0. The van der Waals surface area contributed by atoms with Gasteiger partial charge in [-0.25, -0.2) is 0 Å². The zero-order chi connectivity index (χ0) is 3.58. The molecule has 0 aromatic heterocycles. The third kappa shape index (κ3) is 1430. The van der Waals surface area contributed by atoms with Crippen LogP contribution in [0.15, 0.2) is 0 Å². The van der Waals surface area contributed by atoms with Gasteiger partial charge in [-0.3, -0.25) is 7.32 Å². The SMILES string of the molecule is O.O.O.[Al+3].[O-]B([O-])[O-]. The van der Waals surface area contributed by atoms with Gasteiger partial charge in [-0.15, -0.1) is 0 Å². The van der Waals surface area contributed by atoms with Crippen LogP contribution in [0.1, 0.15) is 0 Å². The molecule has 0 aliphatic carbocycles. The average molecular weight is 140 g/mol. The fraction of sp³-hybridized carbons (Fsp3) is 0. The summed E-state index contributed by atoms with van der Waals surface area (Å²) in [5.41, 5.74) is 0. The van der Waals surface area contributed by atoms with Crippen LogP contribution in [0.25, 0.3) is 0 Å². The van der Waals surface area contributed by atoms with E-state index in [1.54, 1.807) is 0 Å². The standard InChI is InChI=1S/Al.BO3.3H2O/c;2-1(3)4;;;/h;;3*1H2/q+3;-3;;;. The number of hydrogen-bond donors (Lipinski definition) is 0. The molecule has 0 fully saturated rings. The van der Waals surface area contributed by atoms with Crippen molar-refractivity contribution in [3.05, 3.63) is 0 Å². The van der Waals surface area contributed by atoms with Crippen LogP contribution in [0.3, 0.4) is 0 Å². The molecular weight excluding hydrogens is 134 g/mol. The predicted molar refractivity (Wildman–Crippen MR) is 22.3 cm³/mol. The summed E-state index contributed by atoms with van der Waals surface area (Å²) in [6, 6.07) is 0. The maximum atomic E-state index is 8.42. The molecule has 0 aromatic rings. The van der Waals surface area contributed by atoms with Gasteiger partial charge in [0.1, 0.15) is 0 Å². The smallest absolute Gasteiger partial charge is 0.907 e. The third-order valence-electron chi connectivity index (χ3n) is 0. The van der Waals surface area contributed by atoms with Crippen molar-refractivity contribution in [1.82, 2.24) is 0 Å². The molecule has 0 bridgehead atoms. The van der Waals surface area contributed by atoms with Crippen LogP contribution in [0, 0.1) is 0 Å². The van der Waals surface area contributed by atoms with Gasteiger partial charge in [0.2, 0.25) is 0 Å². The Hall–Kier alpha value is 0.357. The second-order valence-corrected chi connectivity index (χ2v) is 0.289. The Bertz CT molecular complexity index is 13.2. The third-order valence-corrected chi connectivity index (χ3v) is 0. The average Bonchev–Trinajstić information content (AvgIpc) is 0.811. The zero-order valence-corrected chi connectivity index (χ0v) is 5.03. The largest absolute Gasteiger partial charge is 3.00 e. The second-order valence-electron chi connectivity index (χ2n) is 0.289. The van der Waals surface area contributed by atoms with Crippen molar-refractivity contribution >= 4 is 24.7 Å². The number of rotatable bonds is 0. The van der Waals surface area contributed by atoms with Crippen molar-refractivity contribution in [2.75, 3.05) is 0 Å².